The first-order chi connectivity index (χ1) is 13.0. The predicted molar refractivity (Wildman–Crippen MR) is 105 cm³/mol. The first-order valence-corrected chi connectivity index (χ1v) is 8.81. The summed E-state index contributed by atoms with van der Waals surface area (Å²) in [6.07, 6.45) is 0. The monoisotopic (exact) mass is 403 g/mol. The van der Waals surface area contributed by atoms with Crippen LogP contribution in [0.5, 0.6) is 5.75 Å². The van der Waals surface area contributed by atoms with E-state index in [2.05, 4.69) is 10.4 Å². The lowest BCUT2D eigenvalue weighted by Gasteiger charge is -2.10. The SMILES string of the molecule is O=C(Nc1cc(Cl)ccc1Cl)c1ccc(=O)n(CCOc2ccccc2)n1. The summed E-state index contributed by atoms with van der Waals surface area (Å²) >= 11 is 12.0. The Hall–Kier alpha value is -2.83. The molecule has 0 radical (unpaired) electrons. The van der Waals surface area contributed by atoms with Gasteiger partial charge in [-0.15, -0.1) is 0 Å². The number of rotatable bonds is 6. The smallest absolute Gasteiger partial charge is 0.276 e. The van der Waals surface area contributed by atoms with Gasteiger partial charge in [-0.25, -0.2) is 4.68 Å². The largest absolute Gasteiger partial charge is 0.492 e. The molecule has 1 aromatic heterocycles. The molecular formula is C19H15Cl2N3O3. The third-order valence-corrected chi connectivity index (χ3v) is 4.16. The number of para-hydroxylation sites is 1. The molecule has 27 heavy (non-hydrogen) atoms. The maximum atomic E-state index is 12.4. The van der Waals surface area contributed by atoms with E-state index in [4.69, 9.17) is 27.9 Å². The number of benzene rings is 2. The van der Waals surface area contributed by atoms with Crippen molar-refractivity contribution in [2.24, 2.45) is 0 Å². The van der Waals surface area contributed by atoms with Crippen molar-refractivity contribution in [1.29, 1.82) is 0 Å². The summed E-state index contributed by atoms with van der Waals surface area (Å²) in [7, 11) is 0. The third-order valence-electron chi connectivity index (χ3n) is 3.59. The highest BCUT2D eigenvalue weighted by Gasteiger charge is 2.12. The van der Waals surface area contributed by atoms with Crippen LogP contribution in [0, 0.1) is 0 Å². The summed E-state index contributed by atoms with van der Waals surface area (Å²) in [5.74, 6) is 0.187. The summed E-state index contributed by atoms with van der Waals surface area (Å²) in [5.41, 5.74) is 0.107. The molecule has 1 amide bonds. The van der Waals surface area contributed by atoms with Crippen LogP contribution >= 0.6 is 23.2 Å². The van der Waals surface area contributed by atoms with Crippen molar-refractivity contribution in [2.75, 3.05) is 11.9 Å². The van der Waals surface area contributed by atoms with Gasteiger partial charge < -0.3 is 10.1 Å². The first kappa shape index (κ1) is 18.9. The van der Waals surface area contributed by atoms with Crippen molar-refractivity contribution in [3.05, 3.63) is 86.8 Å². The zero-order chi connectivity index (χ0) is 19.2. The Bertz CT molecular complexity index is 1010. The van der Waals surface area contributed by atoms with Gasteiger partial charge >= 0.3 is 0 Å². The van der Waals surface area contributed by atoms with Crippen LogP contribution in [-0.2, 0) is 6.54 Å². The van der Waals surface area contributed by atoms with Gasteiger partial charge in [0.05, 0.1) is 17.3 Å². The molecule has 0 aliphatic carbocycles. The summed E-state index contributed by atoms with van der Waals surface area (Å²) < 4.78 is 6.74. The van der Waals surface area contributed by atoms with Crippen LogP contribution in [0.2, 0.25) is 10.0 Å². The minimum Gasteiger partial charge on any atom is -0.492 e. The van der Waals surface area contributed by atoms with Crippen LogP contribution in [0.3, 0.4) is 0 Å². The van der Waals surface area contributed by atoms with Gasteiger partial charge in [0.1, 0.15) is 18.1 Å². The van der Waals surface area contributed by atoms with E-state index in [1.807, 2.05) is 30.3 Å². The molecule has 0 spiro atoms. The number of nitrogens with one attached hydrogen (secondary N) is 1. The average Bonchev–Trinajstić information content (AvgIpc) is 2.67. The molecule has 3 rings (SSSR count). The molecule has 0 unspecified atom stereocenters. The van der Waals surface area contributed by atoms with Crippen LogP contribution in [0.25, 0.3) is 0 Å². The molecule has 3 aromatic rings. The van der Waals surface area contributed by atoms with Crippen LogP contribution in [0.15, 0.2) is 65.5 Å². The van der Waals surface area contributed by atoms with Gasteiger partial charge in [0, 0.05) is 11.1 Å². The first-order valence-electron chi connectivity index (χ1n) is 8.05. The molecule has 138 valence electrons. The number of nitrogens with zero attached hydrogens (tertiary/aromatic N) is 2. The van der Waals surface area contributed by atoms with E-state index in [1.54, 1.807) is 12.1 Å². The highest BCUT2D eigenvalue weighted by atomic mass is 35.5. The normalized spacial score (nSPS) is 10.4. The van der Waals surface area contributed by atoms with Crippen LogP contribution in [-0.4, -0.2) is 22.3 Å². The molecule has 0 atom stereocenters. The Balaban J connectivity index is 1.69. The van der Waals surface area contributed by atoms with Crippen molar-refractivity contribution in [3.63, 3.8) is 0 Å². The highest BCUT2D eigenvalue weighted by Crippen LogP contribution is 2.25. The topological polar surface area (TPSA) is 73.2 Å². The molecule has 0 fully saturated rings. The van der Waals surface area contributed by atoms with E-state index < -0.39 is 5.91 Å². The fourth-order valence-corrected chi connectivity index (χ4v) is 2.61. The minimum absolute atomic E-state index is 0.0744. The Kier molecular flexibility index (Phi) is 6.11. The number of carbonyl (C=O) groups is 1. The molecule has 0 bridgehead atoms. The van der Waals surface area contributed by atoms with E-state index in [0.717, 1.165) is 0 Å². The Morgan fingerprint density at radius 3 is 2.63 bits per heavy atom. The minimum atomic E-state index is -0.503. The van der Waals surface area contributed by atoms with Gasteiger partial charge in [0.25, 0.3) is 11.5 Å². The number of amides is 1. The second kappa shape index (κ2) is 8.70. The number of anilines is 1. The standard InChI is InChI=1S/C19H15Cl2N3O3/c20-13-6-7-15(21)17(12-13)22-19(26)16-8-9-18(25)24(23-16)10-11-27-14-4-2-1-3-5-14/h1-9,12H,10-11H2,(H,22,26). The van der Waals surface area contributed by atoms with E-state index in [1.165, 1.54) is 22.9 Å². The zero-order valence-electron chi connectivity index (χ0n) is 14.1. The van der Waals surface area contributed by atoms with Crippen molar-refractivity contribution < 1.29 is 9.53 Å². The Morgan fingerprint density at radius 2 is 1.85 bits per heavy atom. The molecule has 0 aliphatic heterocycles. The van der Waals surface area contributed by atoms with Gasteiger partial charge in [-0.2, -0.15) is 5.10 Å². The lowest BCUT2D eigenvalue weighted by molar-refractivity contribution is 0.101. The molecule has 0 aliphatic rings. The molecule has 1 heterocycles. The van der Waals surface area contributed by atoms with Crippen LogP contribution in [0.4, 0.5) is 5.69 Å². The average molecular weight is 404 g/mol. The second-order valence-electron chi connectivity index (χ2n) is 5.52. The summed E-state index contributed by atoms with van der Waals surface area (Å²) in [6, 6.07) is 16.6. The second-order valence-corrected chi connectivity index (χ2v) is 6.36. The summed E-state index contributed by atoms with van der Waals surface area (Å²) in [4.78, 5) is 24.4. The van der Waals surface area contributed by atoms with E-state index >= 15 is 0 Å². The van der Waals surface area contributed by atoms with Crippen LogP contribution in [0.1, 0.15) is 10.5 Å². The zero-order valence-corrected chi connectivity index (χ0v) is 15.6. The Labute approximate surface area is 165 Å². The van der Waals surface area contributed by atoms with Crippen molar-refractivity contribution in [2.45, 2.75) is 6.54 Å². The van der Waals surface area contributed by atoms with Gasteiger partial charge in [-0.1, -0.05) is 41.4 Å². The summed E-state index contributed by atoms with van der Waals surface area (Å²) in [6.45, 7) is 0.439. The number of hydrogen-bond donors (Lipinski definition) is 1. The molecule has 1 N–H and O–H groups in total. The van der Waals surface area contributed by atoms with Crippen molar-refractivity contribution in [1.82, 2.24) is 9.78 Å². The molecular weight excluding hydrogens is 389 g/mol. The fraction of sp³-hybridized carbons (Fsp3) is 0.105. The van der Waals surface area contributed by atoms with Crippen molar-refractivity contribution >= 4 is 34.8 Å². The van der Waals surface area contributed by atoms with Crippen molar-refractivity contribution in [3.8, 4) is 5.75 Å². The molecule has 8 heteroatoms. The highest BCUT2D eigenvalue weighted by molar-refractivity contribution is 6.35. The van der Waals surface area contributed by atoms with Gasteiger partial charge in [-0.3, -0.25) is 9.59 Å². The molecule has 6 nitrogen and oxygen atoms in total. The fourth-order valence-electron chi connectivity index (χ4n) is 2.28. The molecule has 0 saturated heterocycles. The van der Waals surface area contributed by atoms with Crippen LogP contribution < -0.4 is 15.6 Å². The lowest BCUT2D eigenvalue weighted by Crippen LogP contribution is -2.28. The quantitative estimate of drug-likeness (QED) is 0.677. The Morgan fingerprint density at radius 1 is 1.07 bits per heavy atom. The van der Waals surface area contributed by atoms with E-state index in [-0.39, 0.29) is 24.4 Å². The third kappa shape index (κ3) is 5.09. The maximum absolute atomic E-state index is 12.4. The maximum Gasteiger partial charge on any atom is 0.276 e. The number of carbonyl (C=O) groups excluding carboxylic acids is 1. The number of hydrogen-bond acceptors (Lipinski definition) is 4. The number of aromatic nitrogens is 2. The predicted octanol–water partition coefficient (Wildman–Crippen LogP) is 3.88. The summed E-state index contributed by atoms with van der Waals surface area (Å²) in [5, 5.41) is 7.50. The van der Waals surface area contributed by atoms with E-state index in [0.29, 0.717) is 21.5 Å². The van der Waals surface area contributed by atoms with Gasteiger partial charge in [-0.05, 0) is 36.4 Å². The molecule has 0 saturated carbocycles. The lowest BCUT2D eigenvalue weighted by atomic mass is 10.3. The number of halogens is 2. The van der Waals surface area contributed by atoms with Gasteiger partial charge in [0.15, 0.2) is 0 Å². The van der Waals surface area contributed by atoms with Gasteiger partial charge in [0.2, 0.25) is 0 Å². The van der Waals surface area contributed by atoms with E-state index in [9.17, 15) is 9.59 Å². The number of ether oxygens (including phenoxy) is 1. The molecule has 2 aromatic carbocycles.